The number of hydrogen-bond acceptors (Lipinski definition) is 2. The van der Waals surface area contributed by atoms with Crippen LogP contribution in [0.15, 0.2) is 12.3 Å². The lowest BCUT2D eigenvalue weighted by Gasteiger charge is -2.22. The molecular formula is C12H18F2N2OS. The van der Waals surface area contributed by atoms with Gasteiger partial charge in [-0.2, -0.15) is 0 Å². The molecule has 0 aromatic carbocycles. The SMILES string of the molecule is CC(NS(=O)C(C)(C)C)c1nccc(CF)c1F. The second kappa shape index (κ2) is 5.84. The van der Waals surface area contributed by atoms with Gasteiger partial charge in [0.15, 0.2) is 5.82 Å². The van der Waals surface area contributed by atoms with E-state index in [4.69, 9.17) is 0 Å². The van der Waals surface area contributed by atoms with E-state index in [1.807, 2.05) is 20.8 Å². The summed E-state index contributed by atoms with van der Waals surface area (Å²) in [6, 6.07) is 0.753. The highest BCUT2D eigenvalue weighted by molar-refractivity contribution is 7.84. The first kappa shape index (κ1) is 15.2. The Balaban J connectivity index is 2.92. The zero-order valence-corrected chi connectivity index (χ0v) is 11.8. The highest BCUT2D eigenvalue weighted by Gasteiger charge is 2.24. The van der Waals surface area contributed by atoms with E-state index in [0.29, 0.717) is 0 Å². The molecule has 2 unspecified atom stereocenters. The minimum Gasteiger partial charge on any atom is -0.257 e. The molecule has 0 aliphatic rings. The van der Waals surface area contributed by atoms with Crippen molar-refractivity contribution in [2.75, 3.05) is 0 Å². The Bertz CT molecular complexity index is 446. The summed E-state index contributed by atoms with van der Waals surface area (Å²) in [6.07, 6.45) is 1.35. The van der Waals surface area contributed by atoms with Crippen molar-refractivity contribution in [3.05, 3.63) is 29.3 Å². The van der Waals surface area contributed by atoms with Crippen LogP contribution in [0.1, 0.15) is 45.0 Å². The van der Waals surface area contributed by atoms with Gasteiger partial charge in [0.2, 0.25) is 0 Å². The Hall–Kier alpha value is -0.880. The maximum Gasteiger partial charge on any atom is 0.152 e. The van der Waals surface area contributed by atoms with Crippen LogP contribution in [0.2, 0.25) is 0 Å². The van der Waals surface area contributed by atoms with E-state index in [2.05, 4.69) is 9.71 Å². The van der Waals surface area contributed by atoms with E-state index < -0.39 is 34.3 Å². The fourth-order valence-electron chi connectivity index (χ4n) is 1.30. The molecule has 1 aromatic heterocycles. The van der Waals surface area contributed by atoms with Gasteiger partial charge in [-0.1, -0.05) is 0 Å². The van der Waals surface area contributed by atoms with Gasteiger partial charge in [-0.05, 0) is 33.8 Å². The summed E-state index contributed by atoms with van der Waals surface area (Å²) in [7, 11) is -1.34. The Morgan fingerprint density at radius 3 is 2.61 bits per heavy atom. The fraction of sp³-hybridized carbons (Fsp3) is 0.583. The largest absolute Gasteiger partial charge is 0.257 e. The molecule has 0 radical (unpaired) electrons. The van der Waals surface area contributed by atoms with Crippen molar-refractivity contribution < 1.29 is 13.0 Å². The van der Waals surface area contributed by atoms with Crippen LogP contribution in [0.4, 0.5) is 8.78 Å². The molecule has 0 saturated heterocycles. The second-order valence-electron chi connectivity index (χ2n) is 5.02. The number of hydrogen-bond donors (Lipinski definition) is 1. The molecule has 2 atom stereocenters. The molecule has 1 heterocycles. The first-order valence-corrected chi connectivity index (χ1v) is 6.79. The molecule has 0 fully saturated rings. The van der Waals surface area contributed by atoms with Crippen LogP contribution >= 0.6 is 0 Å². The quantitative estimate of drug-likeness (QED) is 0.918. The Labute approximate surface area is 109 Å². The van der Waals surface area contributed by atoms with E-state index in [0.717, 1.165) is 0 Å². The maximum atomic E-state index is 13.8. The van der Waals surface area contributed by atoms with Crippen LogP contribution < -0.4 is 4.72 Å². The Kier molecular flexibility index (Phi) is 4.92. The number of alkyl halides is 1. The van der Waals surface area contributed by atoms with E-state index in [1.54, 1.807) is 6.92 Å². The lowest BCUT2D eigenvalue weighted by atomic mass is 10.1. The second-order valence-corrected chi connectivity index (χ2v) is 7.02. The van der Waals surface area contributed by atoms with Crippen molar-refractivity contribution in [3.63, 3.8) is 0 Å². The molecule has 0 aliphatic carbocycles. The van der Waals surface area contributed by atoms with Gasteiger partial charge in [-0.15, -0.1) is 0 Å². The third kappa shape index (κ3) is 3.55. The summed E-state index contributed by atoms with van der Waals surface area (Å²) in [5, 5.41) is 0. The van der Waals surface area contributed by atoms with E-state index in [1.165, 1.54) is 12.3 Å². The predicted octanol–water partition coefficient (Wildman–Crippen LogP) is 2.80. The standard InChI is InChI=1S/C12H18F2N2OS/c1-8(16-18(17)12(2,3)4)11-10(14)9(7-13)5-6-15-11/h5-6,8,16H,7H2,1-4H3. The molecule has 0 bridgehead atoms. The van der Waals surface area contributed by atoms with Crippen LogP contribution in [0.3, 0.4) is 0 Å². The van der Waals surface area contributed by atoms with Gasteiger partial charge in [-0.25, -0.2) is 17.7 Å². The zero-order chi connectivity index (χ0) is 13.9. The third-order valence-corrected chi connectivity index (χ3v) is 4.07. The van der Waals surface area contributed by atoms with Crippen molar-refractivity contribution in [3.8, 4) is 0 Å². The average molecular weight is 276 g/mol. The normalized spacial score (nSPS) is 15.4. The summed E-state index contributed by atoms with van der Waals surface area (Å²) in [5.41, 5.74) is 0.0536. The monoisotopic (exact) mass is 276 g/mol. The van der Waals surface area contributed by atoms with Gasteiger partial charge in [0.25, 0.3) is 0 Å². The molecule has 18 heavy (non-hydrogen) atoms. The molecular weight excluding hydrogens is 258 g/mol. The Morgan fingerprint density at radius 2 is 2.11 bits per heavy atom. The van der Waals surface area contributed by atoms with Crippen molar-refractivity contribution in [1.29, 1.82) is 0 Å². The summed E-state index contributed by atoms with van der Waals surface area (Å²) in [6.45, 7) is 6.20. The van der Waals surface area contributed by atoms with E-state index >= 15 is 0 Å². The highest BCUT2D eigenvalue weighted by atomic mass is 32.2. The lowest BCUT2D eigenvalue weighted by molar-refractivity contribution is 0.455. The van der Waals surface area contributed by atoms with Gasteiger partial charge in [0.05, 0.1) is 27.5 Å². The summed E-state index contributed by atoms with van der Waals surface area (Å²) in [4.78, 5) is 3.88. The number of halogens is 2. The third-order valence-electron chi connectivity index (χ3n) is 2.39. The molecule has 1 N–H and O–H groups in total. The summed E-state index contributed by atoms with van der Waals surface area (Å²) < 4.78 is 40.6. The van der Waals surface area contributed by atoms with E-state index in [-0.39, 0.29) is 11.3 Å². The molecule has 0 amide bonds. The van der Waals surface area contributed by atoms with Crippen LogP contribution in [0.25, 0.3) is 0 Å². The number of nitrogens with zero attached hydrogens (tertiary/aromatic N) is 1. The van der Waals surface area contributed by atoms with Crippen LogP contribution in [-0.2, 0) is 17.7 Å². The average Bonchev–Trinajstić information content (AvgIpc) is 2.27. The lowest BCUT2D eigenvalue weighted by Crippen LogP contribution is -2.35. The smallest absolute Gasteiger partial charge is 0.152 e. The molecule has 3 nitrogen and oxygen atoms in total. The molecule has 0 saturated carbocycles. The van der Waals surface area contributed by atoms with Crippen molar-refractivity contribution in [2.45, 2.75) is 45.2 Å². The summed E-state index contributed by atoms with van der Waals surface area (Å²) >= 11 is 0. The van der Waals surface area contributed by atoms with Crippen molar-refractivity contribution >= 4 is 11.0 Å². The molecule has 0 aliphatic heterocycles. The van der Waals surface area contributed by atoms with E-state index in [9.17, 15) is 13.0 Å². The molecule has 1 aromatic rings. The predicted molar refractivity (Wildman–Crippen MR) is 68.5 cm³/mol. The number of rotatable bonds is 4. The summed E-state index contributed by atoms with van der Waals surface area (Å²) in [5.74, 6) is -0.675. The minimum absolute atomic E-state index is 0.0322. The molecule has 1 rings (SSSR count). The first-order valence-electron chi connectivity index (χ1n) is 5.64. The van der Waals surface area contributed by atoms with Crippen molar-refractivity contribution in [1.82, 2.24) is 9.71 Å². The molecule has 0 spiro atoms. The number of aromatic nitrogens is 1. The van der Waals surface area contributed by atoms with Crippen molar-refractivity contribution in [2.24, 2.45) is 0 Å². The van der Waals surface area contributed by atoms with Gasteiger partial charge in [0.1, 0.15) is 6.67 Å². The maximum absolute atomic E-state index is 13.8. The van der Waals surface area contributed by atoms with Crippen LogP contribution in [0, 0.1) is 5.82 Å². The Morgan fingerprint density at radius 1 is 1.50 bits per heavy atom. The van der Waals surface area contributed by atoms with Gasteiger partial charge >= 0.3 is 0 Å². The van der Waals surface area contributed by atoms with Crippen LogP contribution in [-0.4, -0.2) is 13.9 Å². The molecule has 6 heteroatoms. The highest BCUT2D eigenvalue weighted by Crippen LogP contribution is 2.20. The van der Waals surface area contributed by atoms with Gasteiger partial charge in [-0.3, -0.25) is 4.98 Å². The molecule has 102 valence electrons. The zero-order valence-electron chi connectivity index (χ0n) is 11.0. The van der Waals surface area contributed by atoms with Gasteiger partial charge in [0, 0.05) is 11.8 Å². The first-order chi connectivity index (χ1) is 8.27. The fourth-order valence-corrected chi connectivity index (χ4v) is 2.09. The van der Waals surface area contributed by atoms with Gasteiger partial charge < -0.3 is 0 Å². The minimum atomic E-state index is -1.34. The number of pyridine rings is 1. The number of nitrogens with one attached hydrogen (secondary N) is 1. The topological polar surface area (TPSA) is 42.0 Å². The van der Waals surface area contributed by atoms with Crippen LogP contribution in [0.5, 0.6) is 0 Å².